The molecular formula is C12H20N4O. The Hall–Kier alpha value is -1.46. The molecule has 0 atom stereocenters. The highest BCUT2D eigenvalue weighted by molar-refractivity contribution is 5.93. The topological polar surface area (TPSA) is 86.2 Å². The van der Waals surface area contributed by atoms with E-state index in [0.29, 0.717) is 12.2 Å². The molecule has 0 aliphatic heterocycles. The number of aliphatic hydroxyl groups is 1. The van der Waals surface area contributed by atoms with Gasteiger partial charge in [-0.1, -0.05) is 6.92 Å². The number of amidine groups is 1. The van der Waals surface area contributed by atoms with Crippen molar-refractivity contribution in [3.8, 4) is 0 Å². The van der Waals surface area contributed by atoms with E-state index in [1.165, 1.54) is 0 Å². The van der Waals surface area contributed by atoms with Crippen LogP contribution in [0.25, 0.3) is 0 Å². The SMILES string of the molecule is CCCN(CCO)Cc1ccnc(C(=N)N)c1. The zero-order chi connectivity index (χ0) is 12.7. The highest BCUT2D eigenvalue weighted by Gasteiger charge is 2.06. The minimum Gasteiger partial charge on any atom is -0.395 e. The van der Waals surface area contributed by atoms with Crippen LogP contribution in [-0.2, 0) is 6.54 Å². The molecule has 0 saturated heterocycles. The van der Waals surface area contributed by atoms with Crippen LogP contribution in [0.2, 0.25) is 0 Å². The number of hydrogen-bond donors (Lipinski definition) is 3. The van der Waals surface area contributed by atoms with Crippen LogP contribution in [0.15, 0.2) is 18.3 Å². The Bertz CT molecular complexity index is 361. The first-order valence-electron chi connectivity index (χ1n) is 5.80. The van der Waals surface area contributed by atoms with Crippen LogP contribution in [0, 0.1) is 5.41 Å². The molecule has 0 unspecified atom stereocenters. The van der Waals surface area contributed by atoms with E-state index in [1.54, 1.807) is 6.20 Å². The van der Waals surface area contributed by atoms with Crippen molar-refractivity contribution in [2.24, 2.45) is 5.73 Å². The lowest BCUT2D eigenvalue weighted by atomic mass is 10.2. The summed E-state index contributed by atoms with van der Waals surface area (Å²) in [5.74, 6) is -0.0175. The number of rotatable bonds is 7. The molecule has 0 aliphatic carbocycles. The highest BCUT2D eigenvalue weighted by atomic mass is 16.3. The molecular weight excluding hydrogens is 216 g/mol. The molecule has 0 fully saturated rings. The highest BCUT2D eigenvalue weighted by Crippen LogP contribution is 2.06. The largest absolute Gasteiger partial charge is 0.395 e. The number of nitrogen functional groups attached to an aromatic ring is 1. The van der Waals surface area contributed by atoms with E-state index < -0.39 is 0 Å². The number of pyridine rings is 1. The van der Waals surface area contributed by atoms with Gasteiger partial charge in [0.25, 0.3) is 0 Å². The number of nitrogens with one attached hydrogen (secondary N) is 1. The lowest BCUT2D eigenvalue weighted by molar-refractivity contribution is 0.190. The Morgan fingerprint density at radius 3 is 2.88 bits per heavy atom. The molecule has 0 amide bonds. The maximum absolute atomic E-state index is 8.98. The van der Waals surface area contributed by atoms with Gasteiger partial charge in [-0.3, -0.25) is 15.3 Å². The van der Waals surface area contributed by atoms with Gasteiger partial charge in [0.05, 0.1) is 6.61 Å². The molecule has 0 spiro atoms. The Balaban J connectivity index is 2.71. The van der Waals surface area contributed by atoms with Gasteiger partial charge in [-0.2, -0.15) is 0 Å². The summed E-state index contributed by atoms with van der Waals surface area (Å²) in [5.41, 5.74) is 6.96. The van der Waals surface area contributed by atoms with Gasteiger partial charge in [0, 0.05) is 19.3 Å². The van der Waals surface area contributed by atoms with Gasteiger partial charge in [0.2, 0.25) is 0 Å². The second-order valence-electron chi connectivity index (χ2n) is 3.96. The molecule has 1 rings (SSSR count). The number of aromatic nitrogens is 1. The van der Waals surface area contributed by atoms with Crippen molar-refractivity contribution in [3.05, 3.63) is 29.6 Å². The molecule has 5 heteroatoms. The molecule has 1 heterocycles. The van der Waals surface area contributed by atoms with Crippen molar-refractivity contribution in [2.45, 2.75) is 19.9 Å². The summed E-state index contributed by atoms with van der Waals surface area (Å²) in [7, 11) is 0. The van der Waals surface area contributed by atoms with Gasteiger partial charge in [-0.05, 0) is 30.7 Å². The number of aliphatic hydroxyl groups excluding tert-OH is 1. The van der Waals surface area contributed by atoms with Crippen molar-refractivity contribution in [1.82, 2.24) is 9.88 Å². The summed E-state index contributed by atoms with van der Waals surface area (Å²) in [6.45, 7) is 4.61. The van der Waals surface area contributed by atoms with E-state index in [1.807, 2.05) is 12.1 Å². The molecule has 5 nitrogen and oxygen atoms in total. The lowest BCUT2D eigenvalue weighted by Gasteiger charge is -2.20. The fourth-order valence-electron chi connectivity index (χ4n) is 1.71. The zero-order valence-electron chi connectivity index (χ0n) is 10.2. The smallest absolute Gasteiger partial charge is 0.141 e. The second kappa shape index (κ2) is 6.98. The normalized spacial score (nSPS) is 10.8. The molecule has 1 aromatic rings. The van der Waals surface area contributed by atoms with Gasteiger partial charge >= 0.3 is 0 Å². The second-order valence-corrected chi connectivity index (χ2v) is 3.96. The maximum Gasteiger partial charge on any atom is 0.141 e. The fourth-order valence-corrected chi connectivity index (χ4v) is 1.71. The van der Waals surface area contributed by atoms with Gasteiger partial charge in [0.15, 0.2) is 0 Å². The van der Waals surface area contributed by atoms with Crippen LogP contribution in [0.1, 0.15) is 24.6 Å². The molecule has 1 aromatic heterocycles. The van der Waals surface area contributed by atoms with E-state index in [9.17, 15) is 0 Å². The Kier molecular flexibility index (Phi) is 5.59. The van der Waals surface area contributed by atoms with Crippen LogP contribution in [0.3, 0.4) is 0 Å². The average molecular weight is 236 g/mol. The number of nitrogens with zero attached hydrogens (tertiary/aromatic N) is 2. The Morgan fingerprint density at radius 2 is 2.29 bits per heavy atom. The van der Waals surface area contributed by atoms with Gasteiger partial charge < -0.3 is 10.8 Å². The predicted molar refractivity (Wildman–Crippen MR) is 67.9 cm³/mol. The van der Waals surface area contributed by atoms with Gasteiger partial charge in [-0.25, -0.2) is 0 Å². The molecule has 0 aliphatic rings. The molecule has 0 saturated carbocycles. The van der Waals surface area contributed by atoms with Crippen molar-refractivity contribution in [2.75, 3.05) is 19.7 Å². The summed E-state index contributed by atoms with van der Waals surface area (Å²) in [6, 6.07) is 3.73. The zero-order valence-corrected chi connectivity index (χ0v) is 10.2. The molecule has 4 N–H and O–H groups in total. The average Bonchev–Trinajstić information content (AvgIpc) is 2.30. The summed E-state index contributed by atoms with van der Waals surface area (Å²) in [6.07, 6.45) is 2.71. The Morgan fingerprint density at radius 1 is 1.53 bits per heavy atom. The standard InChI is InChI=1S/C12H20N4O/c1-2-5-16(6-7-17)9-10-3-4-15-11(8-10)12(13)14/h3-4,8,17H,2,5-7,9H2,1H3,(H3,13,14). The third-order valence-electron chi connectivity index (χ3n) is 2.46. The fraction of sp³-hybridized carbons (Fsp3) is 0.500. The molecule has 94 valence electrons. The van der Waals surface area contributed by atoms with E-state index in [2.05, 4.69) is 16.8 Å². The van der Waals surface area contributed by atoms with Crippen molar-refractivity contribution in [3.63, 3.8) is 0 Å². The Labute approximate surface area is 102 Å². The van der Waals surface area contributed by atoms with Crippen LogP contribution in [0.4, 0.5) is 0 Å². The first-order valence-corrected chi connectivity index (χ1v) is 5.80. The monoisotopic (exact) mass is 236 g/mol. The van der Waals surface area contributed by atoms with Crippen LogP contribution in [0.5, 0.6) is 0 Å². The number of nitrogens with two attached hydrogens (primary N) is 1. The summed E-state index contributed by atoms with van der Waals surface area (Å²) in [4.78, 5) is 6.19. The van der Waals surface area contributed by atoms with Gasteiger partial charge in [-0.15, -0.1) is 0 Å². The van der Waals surface area contributed by atoms with Crippen LogP contribution in [-0.4, -0.2) is 40.5 Å². The summed E-state index contributed by atoms with van der Waals surface area (Å²) < 4.78 is 0. The number of hydrogen-bond acceptors (Lipinski definition) is 4. The minimum atomic E-state index is -0.0175. The summed E-state index contributed by atoms with van der Waals surface area (Å²) >= 11 is 0. The van der Waals surface area contributed by atoms with E-state index >= 15 is 0 Å². The van der Waals surface area contributed by atoms with Crippen molar-refractivity contribution >= 4 is 5.84 Å². The molecule has 0 bridgehead atoms. The summed E-state index contributed by atoms with van der Waals surface area (Å²) in [5, 5.41) is 16.3. The maximum atomic E-state index is 8.98. The minimum absolute atomic E-state index is 0.0175. The van der Waals surface area contributed by atoms with E-state index in [-0.39, 0.29) is 12.4 Å². The van der Waals surface area contributed by atoms with Crippen LogP contribution >= 0.6 is 0 Å². The third kappa shape index (κ3) is 4.50. The first-order chi connectivity index (χ1) is 8.17. The lowest BCUT2D eigenvalue weighted by Crippen LogP contribution is -2.27. The first kappa shape index (κ1) is 13.6. The molecule has 0 aromatic carbocycles. The van der Waals surface area contributed by atoms with Gasteiger partial charge in [0.1, 0.15) is 11.5 Å². The van der Waals surface area contributed by atoms with Crippen LogP contribution < -0.4 is 5.73 Å². The molecule has 0 radical (unpaired) electrons. The van der Waals surface area contributed by atoms with E-state index in [4.69, 9.17) is 16.2 Å². The quantitative estimate of drug-likeness (QED) is 0.477. The van der Waals surface area contributed by atoms with Crippen molar-refractivity contribution in [1.29, 1.82) is 5.41 Å². The predicted octanol–water partition coefficient (Wildman–Crippen LogP) is 0.570. The van der Waals surface area contributed by atoms with Crippen molar-refractivity contribution < 1.29 is 5.11 Å². The van der Waals surface area contributed by atoms with E-state index in [0.717, 1.165) is 25.1 Å². The molecule has 17 heavy (non-hydrogen) atoms. The third-order valence-corrected chi connectivity index (χ3v) is 2.46.